The van der Waals surface area contributed by atoms with Crippen molar-refractivity contribution in [2.45, 2.75) is 56.2 Å². The molecule has 0 radical (unpaired) electrons. The number of likely N-dealkylation sites (tertiary alicyclic amines) is 3. The number of nitrogens with zero attached hydrogens (tertiary/aromatic N) is 3. The molecule has 0 spiro atoms. The van der Waals surface area contributed by atoms with Crippen LogP contribution in [0.4, 0.5) is 14.5 Å². The zero-order valence-electron chi connectivity index (χ0n) is 23.2. The summed E-state index contributed by atoms with van der Waals surface area (Å²) in [7, 11) is 0. The molecule has 2 N–H and O–H groups in total. The lowest BCUT2D eigenvalue weighted by Gasteiger charge is -2.48. The number of alkyl halides is 2. The highest BCUT2D eigenvalue weighted by molar-refractivity contribution is 7.59. The minimum Gasteiger partial charge on any atom is -0.380 e. The molecule has 3 fully saturated rings. The average Bonchev–Trinajstić information content (AvgIpc) is 2.91. The van der Waals surface area contributed by atoms with Gasteiger partial charge in [-0.25, -0.2) is 8.78 Å². The van der Waals surface area contributed by atoms with E-state index in [1.165, 1.54) is 17.9 Å². The van der Waals surface area contributed by atoms with Crippen molar-refractivity contribution >= 4 is 65.8 Å². The number of hydrogen-bond donors (Lipinski definition) is 2. The second kappa shape index (κ2) is 13.0. The van der Waals surface area contributed by atoms with E-state index in [-0.39, 0.29) is 57.3 Å². The smallest absolute Gasteiger partial charge is 0.258 e. The number of benzene rings is 2. The van der Waals surface area contributed by atoms with Crippen molar-refractivity contribution < 1.29 is 23.5 Å². The van der Waals surface area contributed by atoms with Crippen molar-refractivity contribution in [2.75, 3.05) is 44.6 Å². The molecule has 0 saturated carbocycles. The number of hydrogen-bond acceptors (Lipinski definition) is 5. The molecule has 2 aromatic carbocycles. The molecule has 0 unspecified atom stereocenters. The van der Waals surface area contributed by atoms with Gasteiger partial charge < -0.3 is 20.2 Å². The molecule has 2 amide bonds. The van der Waals surface area contributed by atoms with E-state index in [9.17, 15) is 23.5 Å². The molecule has 3 saturated heterocycles. The fourth-order valence-electron chi connectivity index (χ4n) is 5.85. The van der Waals surface area contributed by atoms with Crippen molar-refractivity contribution in [3.8, 4) is 0 Å². The number of rotatable bonds is 6. The van der Waals surface area contributed by atoms with Crippen LogP contribution in [-0.4, -0.2) is 88.9 Å². The topological polar surface area (TPSA) is 76.1 Å². The minimum absolute atomic E-state index is 0. The summed E-state index contributed by atoms with van der Waals surface area (Å²) in [6.45, 7) is 4.21. The van der Waals surface area contributed by atoms with Gasteiger partial charge in [0.2, 0.25) is 0 Å². The third-order valence-corrected chi connectivity index (χ3v) is 9.28. The molecule has 2 aromatic rings. The summed E-state index contributed by atoms with van der Waals surface area (Å²) in [6.07, 6.45) is 0.927. The van der Waals surface area contributed by atoms with Crippen LogP contribution in [0.2, 0.25) is 15.1 Å². The first kappa shape index (κ1) is 33.1. The number of carbonyl (C=O) groups excluding carboxylic acids is 2. The lowest BCUT2D eigenvalue weighted by Crippen LogP contribution is -2.61. The van der Waals surface area contributed by atoms with Crippen LogP contribution in [0.1, 0.15) is 48.5 Å². The molecular formula is C29H35Cl3F2N4O3S. The van der Waals surface area contributed by atoms with Crippen LogP contribution in [-0.2, 0) is 10.4 Å². The van der Waals surface area contributed by atoms with Gasteiger partial charge in [-0.15, -0.1) is 0 Å². The first-order valence-corrected chi connectivity index (χ1v) is 14.9. The van der Waals surface area contributed by atoms with Crippen molar-refractivity contribution in [1.82, 2.24) is 14.7 Å². The Hall–Kier alpha value is -1.82. The van der Waals surface area contributed by atoms with E-state index in [2.05, 4.69) is 10.2 Å². The predicted octanol–water partition coefficient (Wildman–Crippen LogP) is 5.63. The van der Waals surface area contributed by atoms with E-state index in [0.717, 1.165) is 31.6 Å². The summed E-state index contributed by atoms with van der Waals surface area (Å²) in [6, 6.07) is 10.4. The zero-order chi connectivity index (χ0) is 29.5. The van der Waals surface area contributed by atoms with Gasteiger partial charge in [0.25, 0.3) is 17.7 Å². The molecule has 0 aliphatic carbocycles. The summed E-state index contributed by atoms with van der Waals surface area (Å²) in [5.41, 5.74) is -0.367. The fraction of sp³-hybridized carbons (Fsp3) is 0.517. The first-order valence-electron chi connectivity index (χ1n) is 13.8. The lowest BCUT2D eigenvalue weighted by atomic mass is 9.92. The molecule has 3 aliphatic rings. The highest BCUT2D eigenvalue weighted by Gasteiger charge is 2.41. The van der Waals surface area contributed by atoms with E-state index >= 15 is 0 Å². The van der Waals surface area contributed by atoms with Crippen LogP contribution in [0.25, 0.3) is 0 Å². The van der Waals surface area contributed by atoms with Crippen LogP contribution >= 0.6 is 48.3 Å². The second-order valence-corrected chi connectivity index (χ2v) is 12.6. The fourth-order valence-corrected chi connectivity index (χ4v) is 6.59. The molecule has 42 heavy (non-hydrogen) atoms. The predicted molar refractivity (Wildman–Crippen MR) is 167 cm³/mol. The molecular weight excluding hydrogens is 629 g/mol. The molecule has 0 bridgehead atoms. The highest BCUT2D eigenvalue weighted by atomic mass is 35.5. The number of amides is 2. The molecule has 230 valence electrons. The quantitative estimate of drug-likeness (QED) is 0.420. The van der Waals surface area contributed by atoms with Crippen molar-refractivity contribution in [3.63, 3.8) is 0 Å². The van der Waals surface area contributed by atoms with Crippen molar-refractivity contribution in [3.05, 3.63) is 62.6 Å². The van der Waals surface area contributed by atoms with Crippen molar-refractivity contribution in [1.29, 1.82) is 0 Å². The van der Waals surface area contributed by atoms with Crippen LogP contribution in [0.15, 0.2) is 36.4 Å². The highest BCUT2D eigenvalue weighted by Crippen LogP contribution is 2.34. The van der Waals surface area contributed by atoms with Gasteiger partial charge in [-0.1, -0.05) is 34.8 Å². The van der Waals surface area contributed by atoms with Crippen LogP contribution in [0.3, 0.4) is 0 Å². The maximum Gasteiger partial charge on any atom is 0.258 e. The van der Waals surface area contributed by atoms with Gasteiger partial charge in [0.1, 0.15) is 0 Å². The van der Waals surface area contributed by atoms with E-state index < -0.39 is 11.5 Å². The Labute approximate surface area is 266 Å². The van der Waals surface area contributed by atoms with Crippen molar-refractivity contribution in [2.24, 2.45) is 0 Å². The van der Waals surface area contributed by atoms with Gasteiger partial charge in [-0.3, -0.25) is 14.5 Å². The monoisotopic (exact) mass is 662 g/mol. The molecule has 1 atom stereocenters. The minimum atomic E-state index is -2.72. The SMILES string of the molecule is C[C@@](O)(C(=O)N1CCC(N2CC(Nc3ccc(C(=O)N4CCC(F)(F)CC4)c(Cl)c3)C2)CC1)c1cc(Cl)ccc1Cl.S. The molecule has 0 aromatic heterocycles. The Balaban J connectivity index is 0.00000405. The second-order valence-electron chi connectivity index (χ2n) is 11.4. The third kappa shape index (κ3) is 7.11. The van der Waals surface area contributed by atoms with E-state index in [0.29, 0.717) is 45.3 Å². The first-order chi connectivity index (χ1) is 19.3. The maximum atomic E-state index is 13.4. The number of anilines is 1. The van der Waals surface area contributed by atoms with Gasteiger partial charge >= 0.3 is 0 Å². The normalized spacial score (nSPS) is 21.2. The number of halogens is 5. The molecule has 13 heteroatoms. The lowest BCUT2D eigenvalue weighted by molar-refractivity contribution is -0.152. The van der Waals surface area contributed by atoms with Crippen LogP contribution in [0.5, 0.6) is 0 Å². The standard InChI is InChI=1S/C29H33Cl3F2N4O3.H2S/c1-28(41,23-14-18(30)2-5-24(23)31)27(40)37-10-6-21(7-11-37)38-16-20(17-38)35-19-3-4-22(25(32)15-19)26(39)36-12-8-29(33,34)9-13-36;/h2-5,14-15,20-21,35,41H,6-13,16-17H2,1H3;1H2/t28-;/m0./s1. The number of nitrogens with one attached hydrogen (secondary N) is 1. The Morgan fingerprint density at radius 2 is 1.60 bits per heavy atom. The Morgan fingerprint density at radius 1 is 0.952 bits per heavy atom. The van der Waals surface area contributed by atoms with Crippen LogP contribution < -0.4 is 5.32 Å². The Morgan fingerprint density at radius 3 is 2.21 bits per heavy atom. The number of carbonyl (C=O) groups is 2. The van der Waals surface area contributed by atoms with Gasteiger partial charge in [0.05, 0.1) is 16.6 Å². The van der Waals surface area contributed by atoms with Gasteiger partial charge in [-0.2, -0.15) is 13.5 Å². The largest absolute Gasteiger partial charge is 0.380 e. The molecule has 3 heterocycles. The summed E-state index contributed by atoms with van der Waals surface area (Å²) < 4.78 is 26.9. The van der Waals surface area contributed by atoms with E-state index in [4.69, 9.17) is 34.8 Å². The average molecular weight is 664 g/mol. The van der Waals surface area contributed by atoms with Gasteiger partial charge in [0, 0.05) is 79.4 Å². The summed E-state index contributed by atoms with van der Waals surface area (Å²) in [5.74, 6) is -3.43. The summed E-state index contributed by atoms with van der Waals surface area (Å²) >= 11 is 18.7. The Kier molecular flexibility index (Phi) is 10.3. The maximum absolute atomic E-state index is 13.4. The number of aliphatic hydroxyl groups is 1. The Bertz CT molecular complexity index is 1310. The molecule has 5 rings (SSSR count). The third-order valence-electron chi connectivity index (χ3n) is 8.40. The van der Waals surface area contributed by atoms with Gasteiger partial charge in [-0.05, 0) is 56.2 Å². The number of piperidine rings is 2. The zero-order valence-corrected chi connectivity index (χ0v) is 26.5. The summed E-state index contributed by atoms with van der Waals surface area (Å²) in [5, 5.41) is 15.5. The van der Waals surface area contributed by atoms with E-state index in [1.807, 2.05) is 0 Å². The van der Waals surface area contributed by atoms with Gasteiger partial charge in [0.15, 0.2) is 5.60 Å². The van der Waals surface area contributed by atoms with E-state index in [1.54, 1.807) is 35.2 Å². The molecule has 7 nitrogen and oxygen atoms in total. The molecule has 3 aliphatic heterocycles. The van der Waals surface area contributed by atoms with Crippen LogP contribution in [0, 0.1) is 0 Å². The summed E-state index contributed by atoms with van der Waals surface area (Å²) in [4.78, 5) is 31.5.